The molecule has 2 rings (SSSR count). The van der Waals surface area contributed by atoms with Gasteiger partial charge in [-0.2, -0.15) is 0 Å². The second kappa shape index (κ2) is 18.7. The lowest BCUT2D eigenvalue weighted by Gasteiger charge is -2.14. The van der Waals surface area contributed by atoms with E-state index in [1.54, 1.807) is 18.2 Å². The highest BCUT2D eigenvalue weighted by atomic mass is 35.5. The van der Waals surface area contributed by atoms with Crippen molar-refractivity contribution in [2.75, 3.05) is 18.9 Å². The number of hydrogen-bond donors (Lipinski definition) is 4. The molecule has 1 aromatic carbocycles. The Hall–Kier alpha value is -2.61. The Morgan fingerprint density at radius 1 is 1.23 bits per heavy atom. The molecule has 0 atom stereocenters. The molecule has 2 aromatic rings. The normalized spacial score (nSPS) is 11.2. The van der Waals surface area contributed by atoms with E-state index in [0.717, 1.165) is 30.6 Å². The summed E-state index contributed by atoms with van der Waals surface area (Å²) < 4.78 is 0.287. The Morgan fingerprint density at radius 3 is 2.40 bits per heavy atom. The highest BCUT2D eigenvalue weighted by Gasteiger charge is 2.14. The number of rotatable bonds is 9. The first-order valence-corrected chi connectivity index (χ1v) is 12.7. The smallest absolute Gasteiger partial charge is 0.201 e. The molecule has 5 N–H and O–H groups in total. The van der Waals surface area contributed by atoms with Crippen molar-refractivity contribution in [3.05, 3.63) is 68.4 Å². The van der Waals surface area contributed by atoms with Crippen LogP contribution in [-0.2, 0) is 4.79 Å². The van der Waals surface area contributed by atoms with Gasteiger partial charge in [-0.15, -0.1) is 0 Å². The van der Waals surface area contributed by atoms with Crippen molar-refractivity contribution in [2.45, 2.75) is 47.5 Å². The van der Waals surface area contributed by atoms with Crippen molar-refractivity contribution in [1.29, 1.82) is 0 Å². The number of H-pyrrole nitrogens is 1. The molecule has 0 aliphatic rings. The zero-order chi connectivity index (χ0) is 26.8. The number of anilines is 1. The van der Waals surface area contributed by atoms with E-state index in [1.165, 1.54) is 6.08 Å². The number of nitrogens with one attached hydrogen (secondary N) is 3. The number of nitrogens with two attached hydrogens (primary N) is 1. The zero-order valence-corrected chi connectivity index (χ0v) is 23.7. The van der Waals surface area contributed by atoms with Gasteiger partial charge < -0.3 is 21.4 Å². The summed E-state index contributed by atoms with van der Waals surface area (Å²) >= 11 is 17.5. The molecule has 0 bridgehead atoms. The van der Waals surface area contributed by atoms with Crippen LogP contribution in [0.2, 0.25) is 10.0 Å². The molecule has 1 heterocycles. The van der Waals surface area contributed by atoms with Crippen LogP contribution in [0.15, 0.2) is 48.2 Å². The maximum Gasteiger partial charge on any atom is 0.201 e. The Kier molecular flexibility index (Phi) is 17.3. The molecule has 1 aromatic heterocycles. The average Bonchev–Trinajstić information content (AvgIpc) is 2.85. The van der Waals surface area contributed by atoms with Crippen LogP contribution >= 0.6 is 35.4 Å². The van der Waals surface area contributed by atoms with Gasteiger partial charge in [-0.1, -0.05) is 80.8 Å². The third-order valence-corrected chi connectivity index (χ3v) is 5.47. The average molecular weight is 539 g/mol. The van der Waals surface area contributed by atoms with Crippen LogP contribution in [0.25, 0.3) is 17.0 Å². The highest BCUT2D eigenvalue weighted by molar-refractivity contribution is 7.71. The fourth-order valence-electron chi connectivity index (χ4n) is 2.74. The number of unbranched alkanes of at least 4 members (excludes halogenated alkanes) is 1. The molecule has 0 amide bonds. The molecule has 0 radical (unpaired) electrons. The summed E-state index contributed by atoms with van der Waals surface area (Å²) in [5.41, 5.74) is 9.22. The van der Waals surface area contributed by atoms with Crippen LogP contribution in [0.1, 0.15) is 53.0 Å². The standard InChI is InChI=1S/C17H18Cl2N4OS.C7H13N.C2H6/c1-2-3-7-21-17-22-15(10-4-5-11(18)12(19)9-10)14(16(25)23-17)13(20)6-8-24;1-4-6-7(5-2)8-3;1-2/h4-6,8-9H,2-3,7,20H2,1H3,(H2,21,22,23,25);4-6,8H,1-3H3;1-2H3/b13-6-;6-4-,7-5+;. The summed E-state index contributed by atoms with van der Waals surface area (Å²) in [5, 5.41) is 7.07. The molecule has 192 valence electrons. The van der Waals surface area contributed by atoms with Gasteiger partial charge in [0.25, 0.3) is 0 Å². The number of aldehydes is 1. The van der Waals surface area contributed by atoms with Gasteiger partial charge in [0.15, 0.2) is 0 Å². The van der Waals surface area contributed by atoms with Gasteiger partial charge >= 0.3 is 0 Å². The number of benzene rings is 1. The molecule has 0 unspecified atom stereocenters. The summed E-state index contributed by atoms with van der Waals surface area (Å²) in [4.78, 5) is 18.3. The first kappa shape index (κ1) is 32.4. The third-order valence-electron chi connectivity index (χ3n) is 4.43. The summed E-state index contributed by atoms with van der Waals surface area (Å²) in [6.07, 6.45) is 9.97. The van der Waals surface area contributed by atoms with Gasteiger partial charge in [0.05, 0.1) is 21.3 Å². The Morgan fingerprint density at radius 2 is 1.91 bits per heavy atom. The van der Waals surface area contributed by atoms with Crippen molar-refractivity contribution in [2.24, 2.45) is 5.73 Å². The molecule has 0 saturated heterocycles. The molecule has 0 spiro atoms. The monoisotopic (exact) mass is 537 g/mol. The molecular weight excluding hydrogens is 501 g/mol. The van der Waals surface area contributed by atoms with E-state index in [9.17, 15) is 4.79 Å². The Bertz CT molecular complexity index is 1080. The predicted molar refractivity (Wildman–Crippen MR) is 155 cm³/mol. The van der Waals surface area contributed by atoms with E-state index in [-0.39, 0.29) is 10.3 Å². The minimum atomic E-state index is 0.227. The minimum absolute atomic E-state index is 0.227. The van der Waals surface area contributed by atoms with Gasteiger partial charge in [-0.05, 0) is 38.5 Å². The largest absolute Gasteiger partial charge is 0.398 e. The first-order valence-electron chi connectivity index (χ1n) is 11.5. The number of likely N-dealkylation sites (N-methyl/N-ethyl adjacent to an activating group) is 1. The van der Waals surface area contributed by atoms with E-state index in [1.807, 2.05) is 53.0 Å². The molecule has 0 saturated carbocycles. The van der Waals surface area contributed by atoms with E-state index < -0.39 is 0 Å². The van der Waals surface area contributed by atoms with Gasteiger partial charge in [-0.25, -0.2) is 4.98 Å². The number of carbonyl (C=O) groups is 1. The van der Waals surface area contributed by atoms with Crippen molar-refractivity contribution < 1.29 is 4.79 Å². The summed E-state index contributed by atoms with van der Waals surface area (Å²) in [5.74, 6) is 0.530. The molecule has 0 fully saturated rings. The fourth-order valence-corrected chi connectivity index (χ4v) is 3.35. The van der Waals surface area contributed by atoms with Crippen LogP contribution in [0.3, 0.4) is 0 Å². The van der Waals surface area contributed by atoms with Crippen molar-refractivity contribution in [3.8, 4) is 11.3 Å². The summed E-state index contributed by atoms with van der Waals surface area (Å²) in [6.45, 7) is 10.9. The maximum atomic E-state index is 10.8. The zero-order valence-electron chi connectivity index (χ0n) is 21.3. The fraction of sp³-hybridized carbons (Fsp3) is 0.346. The van der Waals surface area contributed by atoms with Gasteiger partial charge in [-0.3, -0.25) is 4.79 Å². The van der Waals surface area contributed by atoms with Crippen LogP contribution < -0.4 is 16.4 Å². The second-order valence-corrected chi connectivity index (χ2v) is 8.00. The SMILES string of the molecule is C/C=C\C(=C/C)NC.CC.CCCCNc1nc(=S)c(/C(N)=C/C=O)c(-c2ccc(Cl)c(Cl)c2)[nH]1. The summed E-state index contributed by atoms with van der Waals surface area (Å²) in [6, 6.07) is 5.18. The Balaban J connectivity index is 0.000000982. The van der Waals surface area contributed by atoms with E-state index >= 15 is 0 Å². The number of halogens is 2. The van der Waals surface area contributed by atoms with Crippen LogP contribution in [0.5, 0.6) is 0 Å². The summed E-state index contributed by atoms with van der Waals surface area (Å²) in [7, 11) is 1.91. The van der Waals surface area contributed by atoms with E-state index in [4.69, 9.17) is 41.2 Å². The van der Waals surface area contributed by atoms with E-state index in [2.05, 4.69) is 27.5 Å². The lowest BCUT2D eigenvalue weighted by Crippen LogP contribution is -2.10. The lowest BCUT2D eigenvalue weighted by atomic mass is 10.0. The predicted octanol–water partition coefficient (Wildman–Crippen LogP) is 7.54. The quantitative estimate of drug-likeness (QED) is 0.0866. The molecular formula is C26H37Cl2N5OS. The van der Waals surface area contributed by atoms with E-state index in [0.29, 0.717) is 33.5 Å². The Labute approximate surface area is 224 Å². The second-order valence-electron chi connectivity index (χ2n) is 6.80. The van der Waals surface area contributed by atoms with Crippen LogP contribution in [-0.4, -0.2) is 29.8 Å². The number of nitrogens with zero attached hydrogens (tertiary/aromatic N) is 1. The number of allylic oxidation sites excluding steroid dienone is 4. The molecule has 35 heavy (non-hydrogen) atoms. The topological polar surface area (TPSA) is 95.8 Å². The van der Waals surface area contributed by atoms with Crippen molar-refractivity contribution in [3.63, 3.8) is 0 Å². The first-order chi connectivity index (χ1) is 16.8. The molecule has 9 heteroatoms. The van der Waals surface area contributed by atoms with Crippen molar-refractivity contribution in [1.82, 2.24) is 15.3 Å². The number of hydrogen-bond acceptors (Lipinski definition) is 6. The number of aromatic amines is 1. The third kappa shape index (κ3) is 11.1. The van der Waals surface area contributed by atoms with Crippen LogP contribution in [0.4, 0.5) is 5.95 Å². The molecule has 0 aliphatic carbocycles. The highest BCUT2D eigenvalue weighted by Crippen LogP contribution is 2.31. The van der Waals surface area contributed by atoms with Gasteiger partial charge in [0.2, 0.25) is 5.95 Å². The molecule has 0 aliphatic heterocycles. The van der Waals surface area contributed by atoms with Crippen LogP contribution in [0, 0.1) is 4.64 Å². The number of carbonyl (C=O) groups excluding carboxylic acids is 1. The maximum absolute atomic E-state index is 10.8. The van der Waals surface area contributed by atoms with Gasteiger partial charge in [0.1, 0.15) is 10.9 Å². The minimum Gasteiger partial charge on any atom is -0.398 e. The number of aromatic nitrogens is 2. The van der Waals surface area contributed by atoms with Gasteiger partial charge in [0, 0.05) is 36.6 Å². The lowest BCUT2D eigenvalue weighted by molar-refractivity contribution is -0.104. The van der Waals surface area contributed by atoms with Crippen molar-refractivity contribution >= 4 is 53.4 Å². The molecule has 6 nitrogen and oxygen atoms in total.